The van der Waals surface area contributed by atoms with Crippen molar-refractivity contribution < 1.29 is 14.6 Å². The van der Waals surface area contributed by atoms with Gasteiger partial charge in [-0.3, -0.25) is 4.79 Å². The molecular weight excluding hydrogens is 316 g/mol. The lowest BCUT2D eigenvalue weighted by Crippen LogP contribution is -2.40. The van der Waals surface area contributed by atoms with Crippen molar-refractivity contribution in [3.05, 3.63) is 48.0 Å². The second kappa shape index (κ2) is 6.76. The highest BCUT2D eigenvalue weighted by Gasteiger charge is 2.25. The fourth-order valence-electron chi connectivity index (χ4n) is 2.85. The summed E-state index contributed by atoms with van der Waals surface area (Å²) in [5, 5.41) is 12.5. The maximum Gasteiger partial charge on any atom is 0.265 e. The molecule has 0 saturated carbocycles. The minimum absolute atomic E-state index is 0.00324. The maximum atomic E-state index is 11.9. The zero-order chi connectivity index (χ0) is 18.0. The van der Waals surface area contributed by atoms with E-state index in [-0.39, 0.29) is 31.1 Å². The molecule has 0 atom stereocenters. The van der Waals surface area contributed by atoms with Crippen LogP contribution >= 0.6 is 0 Å². The van der Waals surface area contributed by atoms with E-state index in [9.17, 15) is 4.79 Å². The van der Waals surface area contributed by atoms with Crippen LogP contribution in [0.2, 0.25) is 0 Å². The highest BCUT2D eigenvalue weighted by atomic mass is 16.5. The number of carbonyl (C=O) groups excluding carboxylic acids is 1. The lowest BCUT2D eigenvalue weighted by Gasteiger charge is -2.29. The zero-order valence-electron chi connectivity index (χ0n) is 14.9. The molecule has 1 amide bonds. The smallest absolute Gasteiger partial charge is 0.265 e. The van der Waals surface area contributed by atoms with Crippen LogP contribution < -0.4 is 15.0 Å². The van der Waals surface area contributed by atoms with Crippen molar-refractivity contribution >= 4 is 23.0 Å². The molecule has 3 rings (SSSR count). The number of rotatable bonds is 4. The van der Waals surface area contributed by atoms with Gasteiger partial charge in [0.1, 0.15) is 5.75 Å². The van der Waals surface area contributed by atoms with Crippen molar-refractivity contribution in [2.75, 3.05) is 30.0 Å². The first-order valence-electron chi connectivity index (χ1n) is 8.44. The normalized spacial score (nSPS) is 14.1. The SMILES string of the molecule is CC(C)(C)c1ccc(Nc2ccc3c(c2)OCC(=O)N3CCO)cc1. The molecule has 0 fully saturated rings. The van der Waals surface area contributed by atoms with Crippen molar-refractivity contribution in [1.29, 1.82) is 0 Å². The van der Waals surface area contributed by atoms with E-state index in [0.717, 1.165) is 11.4 Å². The maximum absolute atomic E-state index is 11.9. The van der Waals surface area contributed by atoms with Crippen molar-refractivity contribution in [2.45, 2.75) is 26.2 Å². The Kier molecular flexibility index (Phi) is 4.68. The van der Waals surface area contributed by atoms with E-state index in [1.807, 2.05) is 18.2 Å². The third kappa shape index (κ3) is 3.77. The number of β-amino-alcohol motifs (C(OH)–C–C–N with tert-alkyl or cyclic N) is 1. The first kappa shape index (κ1) is 17.3. The van der Waals surface area contributed by atoms with Crippen LogP contribution in [0.3, 0.4) is 0 Å². The molecule has 0 unspecified atom stereocenters. The highest BCUT2D eigenvalue weighted by Crippen LogP contribution is 2.35. The fourth-order valence-corrected chi connectivity index (χ4v) is 2.85. The van der Waals surface area contributed by atoms with Gasteiger partial charge in [0.05, 0.1) is 12.3 Å². The Morgan fingerprint density at radius 1 is 1.12 bits per heavy atom. The summed E-state index contributed by atoms with van der Waals surface area (Å²) < 4.78 is 5.54. The molecular formula is C20H24N2O3. The van der Waals surface area contributed by atoms with E-state index in [1.54, 1.807) is 4.90 Å². The third-order valence-corrected chi connectivity index (χ3v) is 4.27. The summed E-state index contributed by atoms with van der Waals surface area (Å²) in [7, 11) is 0. The summed E-state index contributed by atoms with van der Waals surface area (Å²) in [6.07, 6.45) is 0. The van der Waals surface area contributed by atoms with Crippen molar-refractivity contribution in [3.8, 4) is 5.75 Å². The van der Waals surface area contributed by atoms with Gasteiger partial charge in [0.2, 0.25) is 0 Å². The summed E-state index contributed by atoms with van der Waals surface area (Å²) >= 11 is 0. The van der Waals surface area contributed by atoms with Gasteiger partial charge in [-0.25, -0.2) is 0 Å². The second-order valence-electron chi connectivity index (χ2n) is 7.19. The van der Waals surface area contributed by atoms with E-state index in [1.165, 1.54) is 5.56 Å². The molecule has 2 aromatic carbocycles. The summed E-state index contributed by atoms with van der Waals surface area (Å²) in [4.78, 5) is 13.5. The molecule has 5 nitrogen and oxygen atoms in total. The molecule has 1 aliphatic rings. The number of aliphatic hydroxyl groups is 1. The molecule has 0 bridgehead atoms. The molecule has 1 heterocycles. The van der Waals surface area contributed by atoms with Gasteiger partial charge in [-0.15, -0.1) is 0 Å². The summed E-state index contributed by atoms with van der Waals surface area (Å²) in [5.41, 5.74) is 3.98. The van der Waals surface area contributed by atoms with Crippen LogP contribution in [-0.2, 0) is 10.2 Å². The van der Waals surface area contributed by atoms with Crippen molar-refractivity contribution in [3.63, 3.8) is 0 Å². The Labute approximate surface area is 148 Å². The minimum atomic E-state index is -0.139. The molecule has 0 aromatic heterocycles. The predicted octanol–water partition coefficient (Wildman–Crippen LogP) is 3.45. The number of carbonyl (C=O) groups is 1. The monoisotopic (exact) mass is 340 g/mol. The van der Waals surface area contributed by atoms with Crippen molar-refractivity contribution in [2.24, 2.45) is 0 Å². The number of aliphatic hydroxyl groups excluding tert-OH is 1. The number of amides is 1. The van der Waals surface area contributed by atoms with Crippen molar-refractivity contribution in [1.82, 2.24) is 0 Å². The molecule has 2 N–H and O–H groups in total. The quantitative estimate of drug-likeness (QED) is 0.895. The first-order chi connectivity index (χ1) is 11.9. The van der Waals surface area contributed by atoms with Crippen LogP contribution in [-0.4, -0.2) is 30.8 Å². The Morgan fingerprint density at radius 3 is 2.44 bits per heavy atom. The number of nitrogens with one attached hydrogen (secondary N) is 1. The third-order valence-electron chi connectivity index (χ3n) is 4.27. The van der Waals surface area contributed by atoms with E-state index in [0.29, 0.717) is 11.4 Å². The predicted molar refractivity (Wildman–Crippen MR) is 99.8 cm³/mol. The zero-order valence-corrected chi connectivity index (χ0v) is 14.9. The summed E-state index contributed by atoms with van der Waals surface area (Å²) in [6.45, 7) is 6.76. The van der Waals surface area contributed by atoms with Gasteiger partial charge in [-0.2, -0.15) is 0 Å². The Morgan fingerprint density at radius 2 is 1.80 bits per heavy atom. The standard InChI is InChI=1S/C20H24N2O3/c1-20(2,3)14-4-6-15(7-5-14)21-16-8-9-17-18(12-16)25-13-19(24)22(17)10-11-23/h4-9,12,21,23H,10-11,13H2,1-3H3. The van der Waals surface area contributed by atoms with E-state index in [2.05, 4.69) is 50.4 Å². The molecule has 0 saturated heterocycles. The fraction of sp³-hybridized carbons (Fsp3) is 0.350. The van der Waals surface area contributed by atoms with Gasteiger partial charge in [0.15, 0.2) is 6.61 Å². The summed E-state index contributed by atoms with van der Waals surface area (Å²) in [6, 6.07) is 14.0. The van der Waals surface area contributed by atoms with Gasteiger partial charge < -0.3 is 20.1 Å². The average Bonchev–Trinajstić information content (AvgIpc) is 2.57. The number of hydrogen-bond acceptors (Lipinski definition) is 4. The first-order valence-corrected chi connectivity index (χ1v) is 8.44. The van der Waals surface area contributed by atoms with E-state index >= 15 is 0 Å². The molecule has 25 heavy (non-hydrogen) atoms. The molecule has 1 aliphatic heterocycles. The van der Waals surface area contributed by atoms with Crippen LogP contribution in [0, 0.1) is 0 Å². The number of nitrogens with zero attached hydrogens (tertiary/aromatic N) is 1. The minimum Gasteiger partial charge on any atom is -0.481 e. The lowest BCUT2D eigenvalue weighted by molar-refractivity contribution is -0.121. The average molecular weight is 340 g/mol. The van der Waals surface area contributed by atoms with Gasteiger partial charge in [-0.05, 0) is 35.2 Å². The van der Waals surface area contributed by atoms with E-state index < -0.39 is 0 Å². The number of anilines is 3. The number of ether oxygens (including phenoxy) is 1. The molecule has 0 radical (unpaired) electrons. The molecule has 132 valence electrons. The Balaban J connectivity index is 1.80. The largest absolute Gasteiger partial charge is 0.481 e. The van der Waals surface area contributed by atoms with Crippen LogP contribution in [0.5, 0.6) is 5.75 Å². The number of hydrogen-bond donors (Lipinski definition) is 2. The molecule has 0 spiro atoms. The molecule has 0 aliphatic carbocycles. The van der Waals surface area contributed by atoms with Crippen LogP contribution in [0.1, 0.15) is 26.3 Å². The van der Waals surface area contributed by atoms with Gasteiger partial charge in [-0.1, -0.05) is 32.9 Å². The van der Waals surface area contributed by atoms with E-state index in [4.69, 9.17) is 9.84 Å². The topological polar surface area (TPSA) is 61.8 Å². The molecule has 2 aromatic rings. The molecule has 5 heteroatoms. The number of benzene rings is 2. The van der Waals surface area contributed by atoms with Crippen LogP contribution in [0.15, 0.2) is 42.5 Å². The Bertz CT molecular complexity index is 764. The van der Waals surface area contributed by atoms with Gasteiger partial charge in [0.25, 0.3) is 5.91 Å². The van der Waals surface area contributed by atoms with Crippen LogP contribution in [0.4, 0.5) is 17.1 Å². The lowest BCUT2D eigenvalue weighted by atomic mass is 9.87. The van der Waals surface area contributed by atoms with Gasteiger partial charge in [0, 0.05) is 24.0 Å². The van der Waals surface area contributed by atoms with Crippen LogP contribution in [0.25, 0.3) is 0 Å². The highest BCUT2D eigenvalue weighted by molar-refractivity contribution is 5.98. The van der Waals surface area contributed by atoms with Gasteiger partial charge >= 0.3 is 0 Å². The number of fused-ring (bicyclic) bond motifs is 1. The Hall–Kier alpha value is -2.53. The second-order valence-corrected chi connectivity index (χ2v) is 7.19. The summed E-state index contributed by atoms with van der Waals surface area (Å²) in [5.74, 6) is 0.504.